The predicted octanol–water partition coefficient (Wildman–Crippen LogP) is 5.34. The molecule has 8 heteroatoms. The molecule has 0 saturated carbocycles. The van der Waals surface area contributed by atoms with Gasteiger partial charge in [0.2, 0.25) is 0 Å². The number of amides is 1. The zero-order valence-electron chi connectivity index (χ0n) is 20.2. The number of aryl methyl sites for hydroxylation is 1. The third kappa shape index (κ3) is 6.33. The number of halogens is 1. The van der Waals surface area contributed by atoms with Gasteiger partial charge in [0.1, 0.15) is 12.4 Å². The molecule has 0 aromatic heterocycles. The molecule has 1 aliphatic heterocycles. The van der Waals surface area contributed by atoms with Crippen LogP contribution >= 0.6 is 15.9 Å². The van der Waals surface area contributed by atoms with Gasteiger partial charge in [0.05, 0.1) is 17.0 Å². The molecule has 4 rings (SSSR count). The highest BCUT2D eigenvalue weighted by Gasteiger charge is 2.28. The zero-order valence-corrected chi connectivity index (χ0v) is 21.8. The monoisotopic (exact) mass is 549 g/mol. The van der Waals surface area contributed by atoms with Gasteiger partial charge in [-0.1, -0.05) is 46.3 Å². The Morgan fingerprint density at radius 1 is 1.06 bits per heavy atom. The lowest BCUT2D eigenvalue weighted by Crippen LogP contribution is -2.19. The van der Waals surface area contributed by atoms with Crippen molar-refractivity contribution in [2.75, 3.05) is 37.9 Å². The first-order chi connectivity index (χ1) is 17.3. The zero-order chi connectivity index (χ0) is 25.7. The number of carbonyl (C=O) groups is 2. The standard InChI is InChI=1S/C28H28BrN3O4/c1-32(2)15-16-36-22-11-9-21(10-12-22)30-27(19-6-3-18(4-7-19)5-14-25(33)34)26-23-13-8-20(29)17-24(23)31-28(26)35/h3-4,6-13,17,30H,5,14-16H2,1-2H3,(H,31,35)(H,33,34). The Kier molecular flexibility index (Phi) is 8.07. The van der Waals surface area contributed by atoms with E-state index < -0.39 is 5.97 Å². The van der Waals surface area contributed by atoms with Crippen LogP contribution < -0.4 is 15.4 Å². The molecule has 1 amide bonds. The van der Waals surface area contributed by atoms with E-state index in [9.17, 15) is 9.59 Å². The largest absolute Gasteiger partial charge is 0.492 e. The van der Waals surface area contributed by atoms with E-state index in [4.69, 9.17) is 9.84 Å². The van der Waals surface area contributed by atoms with Crippen LogP contribution in [0.1, 0.15) is 23.1 Å². The van der Waals surface area contributed by atoms with E-state index in [0.717, 1.165) is 44.8 Å². The molecule has 1 heterocycles. The molecule has 1 aliphatic rings. The molecule has 0 radical (unpaired) electrons. The lowest BCUT2D eigenvalue weighted by Gasteiger charge is -2.16. The number of hydrogen-bond acceptors (Lipinski definition) is 5. The molecule has 3 aromatic carbocycles. The van der Waals surface area contributed by atoms with Crippen LogP contribution in [-0.2, 0) is 16.0 Å². The van der Waals surface area contributed by atoms with E-state index in [2.05, 4.69) is 31.5 Å². The van der Waals surface area contributed by atoms with Gasteiger partial charge < -0.3 is 25.4 Å². The maximum atomic E-state index is 13.1. The summed E-state index contributed by atoms with van der Waals surface area (Å²) in [5, 5.41) is 15.4. The van der Waals surface area contributed by atoms with Crippen molar-refractivity contribution in [1.82, 2.24) is 4.90 Å². The van der Waals surface area contributed by atoms with E-state index >= 15 is 0 Å². The average Bonchev–Trinajstić information content (AvgIpc) is 3.16. The number of carboxylic acid groups (broad SMARTS) is 1. The fourth-order valence-electron chi connectivity index (χ4n) is 3.89. The van der Waals surface area contributed by atoms with E-state index in [1.54, 1.807) is 0 Å². The Morgan fingerprint density at radius 3 is 2.44 bits per heavy atom. The van der Waals surface area contributed by atoms with Crippen LogP contribution in [0.25, 0.3) is 11.3 Å². The van der Waals surface area contributed by atoms with Crippen LogP contribution in [-0.4, -0.2) is 49.1 Å². The lowest BCUT2D eigenvalue weighted by molar-refractivity contribution is -0.137. The number of anilines is 2. The molecule has 0 unspecified atom stereocenters. The second-order valence-electron chi connectivity index (χ2n) is 8.79. The van der Waals surface area contributed by atoms with Gasteiger partial charge in [0.25, 0.3) is 5.91 Å². The van der Waals surface area contributed by atoms with Crippen LogP contribution in [0.3, 0.4) is 0 Å². The highest BCUT2D eigenvalue weighted by molar-refractivity contribution is 9.10. The van der Waals surface area contributed by atoms with Crippen molar-refractivity contribution in [3.8, 4) is 5.75 Å². The highest BCUT2D eigenvalue weighted by Crippen LogP contribution is 2.39. The number of fused-ring (bicyclic) bond motifs is 1. The van der Waals surface area contributed by atoms with Crippen molar-refractivity contribution in [3.63, 3.8) is 0 Å². The molecule has 0 fully saturated rings. The number of benzene rings is 3. The van der Waals surface area contributed by atoms with Gasteiger partial charge in [-0.25, -0.2) is 0 Å². The topological polar surface area (TPSA) is 90.9 Å². The second-order valence-corrected chi connectivity index (χ2v) is 9.70. The number of carbonyl (C=O) groups excluding carboxylic acids is 1. The molecule has 0 bridgehead atoms. The van der Waals surface area contributed by atoms with Gasteiger partial charge in [0, 0.05) is 28.7 Å². The summed E-state index contributed by atoms with van der Waals surface area (Å²) in [7, 11) is 4.00. The van der Waals surface area contributed by atoms with Crippen molar-refractivity contribution in [2.24, 2.45) is 0 Å². The van der Waals surface area contributed by atoms with Crippen molar-refractivity contribution in [3.05, 3.63) is 87.9 Å². The molecule has 3 aromatic rings. The number of carboxylic acids is 1. The molecule has 0 atom stereocenters. The van der Waals surface area contributed by atoms with E-state index in [0.29, 0.717) is 24.3 Å². The molecule has 36 heavy (non-hydrogen) atoms. The summed E-state index contributed by atoms with van der Waals surface area (Å²) in [4.78, 5) is 26.1. The Balaban J connectivity index is 1.67. The van der Waals surface area contributed by atoms with Gasteiger partial charge >= 0.3 is 5.97 Å². The lowest BCUT2D eigenvalue weighted by atomic mass is 9.98. The third-order valence-corrected chi connectivity index (χ3v) is 6.27. The fourth-order valence-corrected chi connectivity index (χ4v) is 4.25. The minimum atomic E-state index is -0.830. The Bertz CT molecular complexity index is 1290. The molecule has 0 aliphatic carbocycles. The minimum Gasteiger partial charge on any atom is -0.492 e. The maximum absolute atomic E-state index is 13.1. The van der Waals surface area contributed by atoms with Crippen molar-refractivity contribution in [2.45, 2.75) is 12.8 Å². The molecule has 0 saturated heterocycles. The van der Waals surface area contributed by atoms with Gasteiger partial charge in [-0.15, -0.1) is 0 Å². The van der Waals surface area contributed by atoms with Crippen LogP contribution in [0.4, 0.5) is 11.4 Å². The van der Waals surface area contributed by atoms with E-state index in [1.807, 2.05) is 80.8 Å². The third-order valence-electron chi connectivity index (χ3n) is 5.78. The van der Waals surface area contributed by atoms with Crippen molar-refractivity contribution >= 4 is 50.5 Å². The molecular weight excluding hydrogens is 522 g/mol. The number of nitrogens with one attached hydrogen (secondary N) is 2. The summed E-state index contributed by atoms with van der Waals surface area (Å²) in [6.45, 7) is 1.42. The Hall–Kier alpha value is -3.62. The minimum absolute atomic E-state index is 0.0686. The molecule has 3 N–H and O–H groups in total. The summed E-state index contributed by atoms with van der Waals surface area (Å²) >= 11 is 3.47. The van der Waals surface area contributed by atoms with Crippen molar-refractivity contribution < 1.29 is 19.4 Å². The summed E-state index contributed by atoms with van der Waals surface area (Å²) < 4.78 is 6.68. The van der Waals surface area contributed by atoms with E-state index in [-0.39, 0.29) is 12.3 Å². The summed E-state index contributed by atoms with van der Waals surface area (Å²) in [5.74, 6) is -0.250. The number of rotatable bonds is 10. The first-order valence-electron chi connectivity index (χ1n) is 11.6. The summed E-state index contributed by atoms with van der Waals surface area (Å²) in [6.07, 6.45) is 0.515. The Morgan fingerprint density at radius 2 is 1.78 bits per heavy atom. The number of hydrogen-bond donors (Lipinski definition) is 3. The first-order valence-corrected chi connectivity index (χ1v) is 12.4. The number of ether oxygens (including phenoxy) is 1. The smallest absolute Gasteiger partial charge is 0.303 e. The van der Waals surface area contributed by atoms with Gasteiger partial charge in [0.15, 0.2) is 0 Å². The van der Waals surface area contributed by atoms with Gasteiger partial charge in [-0.2, -0.15) is 0 Å². The fraction of sp³-hybridized carbons (Fsp3) is 0.214. The van der Waals surface area contributed by atoms with Crippen molar-refractivity contribution in [1.29, 1.82) is 0 Å². The molecular formula is C28H28BrN3O4. The quantitative estimate of drug-likeness (QED) is 0.296. The molecule has 7 nitrogen and oxygen atoms in total. The van der Waals surface area contributed by atoms with Crippen LogP contribution in [0, 0.1) is 0 Å². The number of likely N-dealkylation sites (N-methyl/N-ethyl adjacent to an activating group) is 1. The van der Waals surface area contributed by atoms with E-state index in [1.165, 1.54) is 0 Å². The predicted molar refractivity (Wildman–Crippen MR) is 146 cm³/mol. The summed E-state index contributed by atoms with van der Waals surface area (Å²) in [6, 6.07) is 21.0. The van der Waals surface area contributed by atoms with Crippen LogP contribution in [0.2, 0.25) is 0 Å². The molecule has 0 spiro atoms. The average molecular weight is 550 g/mol. The van der Waals surface area contributed by atoms with Gasteiger partial charge in [-0.05, 0) is 68.0 Å². The number of aliphatic carboxylic acids is 1. The van der Waals surface area contributed by atoms with Gasteiger partial charge in [-0.3, -0.25) is 9.59 Å². The summed E-state index contributed by atoms with van der Waals surface area (Å²) in [5.41, 5.74) is 5.31. The Labute approximate surface area is 218 Å². The molecule has 186 valence electrons. The maximum Gasteiger partial charge on any atom is 0.303 e. The second kappa shape index (κ2) is 11.4. The number of nitrogens with zero attached hydrogens (tertiary/aromatic N) is 1. The normalized spacial score (nSPS) is 13.8. The first kappa shape index (κ1) is 25.5. The van der Waals surface area contributed by atoms with Crippen LogP contribution in [0.5, 0.6) is 5.75 Å². The van der Waals surface area contributed by atoms with Crippen LogP contribution in [0.15, 0.2) is 71.2 Å². The SMILES string of the molecule is CN(C)CCOc1ccc(NC(=C2C(=O)Nc3cc(Br)ccc32)c2ccc(CCC(=O)O)cc2)cc1. The highest BCUT2D eigenvalue weighted by atomic mass is 79.9.